The molecule has 0 radical (unpaired) electrons. The number of carbonyl (C=O) groups excluding carboxylic acids is 2. The second kappa shape index (κ2) is 10.5. The maximum atomic E-state index is 11.8. The fourth-order valence-electron chi connectivity index (χ4n) is 2.39. The van der Waals surface area contributed by atoms with Gasteiger partial charge in [-0.3, -0.25) is 19.4 Å². The maximum absolute atomic E-state index is 11.8. The van der Waals surface area contributed by atoms with E-state index in [9.17, 15) is 19.5 Å². The van der Waals surface area contributed by atoms with Crippen molar-refractivity contribution >= 4 is 18.2 Å². The minimum atomic E-state index is -1.15. The lowest BCUT2D eigenvalue weighted by molar-refractivity contribution is -0.167. The molecule has 132 valence electrons. The van der Waals surface area contributed by atoms with E-state index in [1.165, 1.54) is 0 Å². The molecule has 0 aliphatic heterocycles. The number of nitrogens with zero attached hydrogens (tertiary/aromatic N) is 2. The minimum absolute atomic E-state index is 0.129. The standard InChI is InChI=1S/C17H25N3O4/c1-2-3-4-8-11-19(16(22)13-21)20(18)15(17(23)24)12-14-9-6-5-7-10-14/h5-7,9-10,13,15H,2-4,8,11-12,18H2,1H3,(H,23,24)/t15-/m0/s1. The van der Waals surface area contributed by atoms with Crippen molar-refractivity contribution in [1.29, 1.82) is 0 Å². The Balaban J connectivity index is 2.85. The molecule has 0 aliphatic carbocycles. The Morgan fingerprint density at radius 1 is 1.21 bits per heavy atom. The summed E-state index contributed by atoms with van der Waals surface area (Å²) in [7, 11) is 0. The molecular formula is C17H25N3O4. The van der Waals surface area contributed by atoms with Crippen LogP contribution in [0.3, 0.4) is 0 Å². The molecule has 0 heterocycles. The van der Waals surface area contributed by atoms with Crippen molar-refractivity contribution < 1.29 is 19.5 Å². The summed E-state index contributed by atoms with van der Waals surface area (Å²) in [6.07, 6.45) is 3.84. The third-order valence-corrected chi connectivity index (χ3v) is 3.73. The Labute approximate surface area is 142 Å². The lowest BCUT2D eigenvalue weighted by atomic mass is 10.1. The molecule has 0 saturated carbocycles. The van der Waals surface area contributed by atoms with E-state index in [1.54, 1.807) is 24.3 Å². The van der Waals surface area contributed by atoms with E-state index in [-0.39, 0.29) is 19.3 Å². The number of nitrogens with two attached hydrogens (primary N) is 1. The molecular weight excluding hydrogens is 310 g/mol. The van der Waals surface area contributed by atoms with Crippen LogP contribution in [-0.2, 0) is 20.8 Å². The lowest BCUT2D eigenvalue weighted by Gasteiger charge is -2.34. The second-order valence-electron chi connectivity index (χ2n) is 5.56. The Morgan fingerprint density at radius 3 is 2.42 bits per heavy atom. The molecule has 0 spiro atoms. The van der Waals surface area contributed by atoms with Gasteiger partial charge in [-0.25, -0.2) is 5.84 Å². The molecule has 0 aromatic heterocycles. The zero-order chi connectivity index (χ0) is 17.9. The van der Waals surface area contributed by atoms with Crippen LogP contribution in [0, 0.1) is 0 Å². The zero-order valence-corrected chi connectivity index (χ0v) is 13.9. The molecule has 1 aromatic carbocycles. The van der Waals surface area contributed by atoms with Gasteiger partial charge in [0, 0.05) is 13.0 Å². The number of carboxylic acid groups (broad SMARTS) is 1. The van der Waals surface area contributed by atoms with Crippen LogP contribution in [0.25, 0.3) is 0 Å². The summed E-state index contributed by atoms with van der Waals surface area (Å²) in [4.78, 5) is 34.3. The van der Waals surface area contributed by atoms with Crippen LogP contribution in [0.4, 0.5) is 0 Å². The van der Waals surface area contributed by atoms with E-state index in [0.717, 1.165) is 35.0 Å². The van der Waals surface area contributed by atoms with Crippen LogP contribution in [0.1, 0.15) is 38.2 Å². The number of aldehydes is 1. The van der Waals surface area contributed by atoms with Crippen molar-refractivity contribution in [3.63, 3.8) is 0 Å². The predicted octanol–water partition coefficient (Wildman–Crippen LogP) is 1.38. The van der Waals surface area contributed by atoms with Gasteiger partial charge in [-0.1, -0.05) is 56.5 Å². The number of amides is 1. The molecule has 24 heavy (non-hydrogen) atoms. The van der Waals surface area contributed by atoms with E-state index in [1.807, 2.05) is 6.07 Å². The number of carbonyl (C=O) groups is 3. The third kappa shape index (κ3) is 6.10. The summed E-state index contributed by atoms with van der Waals surface area (Å²) in [5, 5.41) is 11.4. The summed E-state index contributed by atoms with van der Waals surface area (Å²) in [5.74, 6) is 3.91. The quantitative estimate of drug-likeness (QED) is 0.208. The number of hydrogen-bond acceptors (Lipinski definition) is 5. The normalized spacial score (nSPS) is 12.0. The molecule has 1 aromatic rings. The summed E-state index contributed by atoms with van der Waals surface area (Å²) < 4.78 is 0. The van der Waals surface area contributed by atoms with Crippen molar-refractivity contribution in [3.05, 3.63) is 35.9 Å². The number of hydrogen-bond donors (Lipinski definition) is 2. The topological polar surface area (TPSA) is 104 Å². The minimum Gasteiger partial charge on any atom is -0.480 e. The van der Waals surface area contributed by atoms with Crippen molar-refractivity contribution in [2.24, 2.45) is 5.84 Å². The van der Waals surface area contributed by atoms with Crippen LogP contribution < -0.4 is 5.84 Å². The first-order valence-electron chi connectivity index (χ1n) is 8.08. The number of aliphatic carboxylic acids is 1. The van der Waals surface area contributed by atoms with E-state index in [4.69, 9.17) is 5.84 Å². The van der Waals surface area contributed by atoms with Crippen molar-refractivity contribution in [2.45, 2.75) is 45.1 Å². The van der Waals surface area contributed by atoms with E-state index < -0.39 is 17.9 Å². The summed E-state index contributed by atoms with van der Waals surface area (Å²) >= 11 is 0. The van der Waals surface area contributed by atoms with Gasteiger partial charge in [-0.05, 0) is 12.0 Å². The third-order valence-electron chi connectivity index (χ3n) is 3.73. The molecule has 0 bridgehead atoms. The molecule has 0 unspecified atom stereocenters. The molecule has 1 rings (SSSR count). The zero-order valence-electron chi connectivity index (χ0n) is 13.9. The number of unbranched alkanes of at least 4 members (excludes halogenated alkanes) is 3. The van der Waals surface area contributed by atoms with Gasteiger partial charge in [-0.15, -0.1) is 5.12 Å². The molecule has 0 aliphatic rings. The van der Waals surface area contributed by atoms with Gasteiger partial charge in [0.2, 0.25) is 6.29 Å². The van der Waals surface area contributed by atoms with Crippen LogP contribution in [-0.4, -0.2) is 46.0 Å². The largest absolute Gasteiger partial charge is 0.480 e. The Kier molecular flexibility index (Phi) is 8.67. The smallest absolute Gasteiger partial charge is 0.324 e. The first-order valence-corrected chi connectivity index (χ1v) is 8.08. The highest BCUT2D eigenvalue weighted by atomic mass is 16.4. The highest BCUT2D eigenvalue weighted by molar-refractivity contribution is 6.23. The van der Waals surface area contributed by atoms with E-state index >= 15 is 0 Å². The van der Waals surface area contributed by atoms with Crippen molar-refractivity contribution in [3.8, 4) is 0 Å². The number of benzene rings is 1. The number of carboxylic acids is 1. The molecule has 0 saturated heterocycles. The van der Waals surface area contributed by atoms with Crippen LogP contribution in [0.15, 0.2) is 30.3 Å². The molecule has 1 atom stereocenters. The second-order valence-corrected chi connectivity index (χ2v) is 5.56. The van der Waals surface area contributed by atoms with Crippen molar-refractivity contribution in [1.82, 2.24) is 10.1 Å². The Morgan fingerprint density at radius 2 is 1.88 bits per heavy atom. The number of hydrazine groups is 2. The molecule has 7 heteroatoms. The van der Waals surface area contributed by atoms with Crippen LogP contribution in [0.5, 0.6) is 0 Å². The van der Waals surface area contributed by atoms with Crippen LogP contribution >= 0.6 is 0 Å². The molecule has 3 N–H and O–H groups in total. The predicted molar refractivity (Wildman–Crippen MR) is 89.5 cm³/mol. The van der Waals surface area contributed by atoms with Gasteiger partial charge < -0.3 is 5.11 Å². The Hall–Kier alpha value is -2.25. The molecule has 7 nitrogen and oxygen atoms in total. The highest BCUT2D eigenvalue weighted by Gasteiger charge is 2.30. The van der Waals surface area contributed by atoms with Gasteiger partial charge in [0.1, 0.15) is 6.04 Å². The summed E-state index contributed by atoms with van der Waals surface area (Å²) in [6, 6.07) is 7.87. The average molecular weight is 335 g/mol. The van der Waals surface area contributed by atoms with Gasteiger partial charge in [-0.2, -0.15) is 0 Å². The van der Waals surface area contributed by atoms with E-state index in [2.05, 4.69) is 6.92 Å². The van der Waals surface area contributed by atoms with E-state index in [0.29, 0.717) is 6.42 Å². The van der Waals surface area contributed by atoms with Crippen molar-refractivity contribution in [2.75, 3.05) is 6.54 Å². The first-order chi connectivity index (χ1) is 11.5. The summed E-state index contributed by atoms with van der Waals surface area (Å²) in [5.41, 5.74) is 0.782. The average Bonchev–Trinajstić information content (AvgIpc) is 2.59. The highest BCUT2D eigenvalue weighted by Crippen LogP contribution is 2.11. The van der Waals surface area contributed by atoms with Crippen LogP contribution in [0.2, 0.25) is 0 Å². The monoisotopic (exact) mass is 335 g/mol. The summed E-state index contributed by atoms with van der Waals surface area (Å²) in [6.45, 7) is 2.27. The van der Waals surface area contributed by atoms with Gasteiger partial charge >= 0.3 is 11.9 Å². The Bertz CT molecular complexity index is 536. The van der Waals surface area contributed by atoms with Gasteiger partial charge in [0.25, 0.3) is 0 Å². The number of rotatable bonds is 11. The van der Waals surface area contributed by atoms with Gasteiger partial charge in [0.15, 0.2) is 0 Å². The maximum Gasteiger partial charge on any atom is 0.324 e. The van der Waals surface area contributed by atoms with Gasteiger partial charge in [0.05, 0.1) is 0 Å². The fraction of sp³-hybridized carbons (Fsp3) is 0.471. The lowest BCUT2D eigenvalue weighted by Crippen LogP contribution is -2.59. The fourth-order valence-corrected chi connectivity index (χ4v) is 2.39. The first kappa shape index (κ1) is 19.8. The molecule has 1 amide bonds. The molecule has 0 fully saturated rings. The SMILES string of the molecule is CCCCCCN(C(=O)C=O)N(N)[C@@H](Cc1ccccc1)C(=O)O.